The van der Waals surface area contributed by atoms with Crippen molar-refractivity contribution in [3.05, 3.63) is 5.92 Å². The van der Waals surface area contributed by atoms with Crippen LogP contribution in [-0.2, 0) is 10.0 Å². The molecule has 1 rings (SSSR count). The highest BCUT2D eigenvalue weighted by Crippen LogP contribution is 2.15. The lowest BCUT2D eigenvalue weighted by Crippen LogP contribution is -2.58. The van der Waals surface area contributed by atoms with Crippen LogP contribution in [0.5, 0.6) is 0 Å². The summed E-state index contributed by atoms with van der Waals surface area (Å²) < 4.78 is 25.2. The molecule has 0 bridgehead atoms. The van der Waals surface area contributed by atoms with Gasteiger partial charge >= 0.3 is 0 Å². The fraction of sp³-hybridized carbons (Fsp3) is 0.917. The Hall–Kier alpha value is -0.170. The highest BCUT2D eigenvalue weighted by Gasteiger charge is 2.32. The van der Waals surface area contributed by atoms with Crippen LogP contribution in [0.1, 0.15) is 13.8 Å². The second kappa shape index (κ2) is 6.32. The predicted molar refractivity (Wildman–Crippen MR) is 74.9 cm³/mol. The summed E-state index contributed by atoms with van der Waals surface area (Å²) in [4.78, 5) is 4.39. The van der Waals surface area contributed by atoms with Crippen LogP contribution in [0, 0.1) is 5.92 Å². The maximum Gasteiger partial charge on any atom is 0.211 e. The zero-order valence-corrected chi connectivity index (χ0v) is 13.0. The maximum atomic E-state index is 11.8. The summed E-state index contributed by atoms with van der Waals surface area (Å²) in [7, 11) is 0.866. The minimum absolute atomic E-state index is 0.0584. The van der Waals surface area contributed by atoms with E-state index in [4.69, 9.17) is 0 Å². The molecule has 1 radical (unpaired) electrons. The van der Waals surface area contributed by atoms with Gasteiger partial charge in [-0.15, -0.1) is 0 Å². The van der Waals surface area contributed by atoms with Gasteiger partial charge in [0.05, 0.1) is 12.3 Å². The molecule has 0 aromatic rings. The number of nitrogens with zero attached hydrogens (tertiary/aromatic N) is 3. The van der Waals surface area contributed by atoms with Crippen molar-refractivity contribution < 1.29 is 8.42 Å². The molecule has 0 aliphatic carbocycles. The Bertz CT molecular complexity index is 354. The van der Waals surface area contributed by atoms with Crippen molar-refractivity contribution in [1.82, 2.24) is 14.1 Å². The average molecular weight is 276 g/mol. The van der Waals surface area contributed by atoms with Gasteiger partial charge in [0.25, 0.3) is 0 Å². The second-order valence-corrected chi connectivity index (χ2v) is 7.67. The molecule has 0 aromatic heterocycles. The normalized spacial score (nSPS) is 24.1. The molecule has 6 heteroatoms. The zero-order valence-electron chi connectivity index (χ0n) is 12.2. The van der Waals surface area contributed by atoms with E-state index < -0.39 is 10.0 Å². The Kier molecular flexibility index (Phi) is 5.58. The zero-order chi connectivity index (χ0) is 13.9. The molecule has 0 spiro atoms. The summed E-state index contributed by atoms with van der Waals surface area (Å²) in [5, 5.41) is 0. The summed E-state index contributed by atoms with van der Waals surface area (Å²) in [5.74, 6) is 1.37. The quantitative estimate of drug-likeness (QED) is 0.715. The highest BCUT2D eigenvalue weighted by molar-refractivity contribution is 7.88. The second-order valence-electron chi connectivity index (χ2n) is 5.73. The Labute approximate surface area is 112 Å². The number of likely N-dealkylation sites (N-methyl/N-ethyl adjacent to an activating group) is 1. The summed E-state index contributed by atoms with van der Waals surface area (Å²) in [6, 6.07) is 0.0584. The van der Waals surface area contributed by atoms with Crippen molar-refractivity contribution in [2.24, 2.45) is 0 Å². The third-order valence-corrected chi connectivity index (χ3v) is 4.39. The van der Waals surface area contributed by atoms with Crippen molar-refractivity contribution in [3.8, 4) is 0 Å². The van der Waals surface area contributed by atoms with Gasteiger partial charge in [0.15, 0.2) is 0 Å². The first kappa shape index (κ1) is 15.9. The molecule has 0 aromatic carbocycles. The van der Waals surface area contributed by atoms with Gasteiger partial charge in [0.2, 0.25) is 10.0 Å². The van der Waals surface area contributed by atoms with E-state index in [1.54, 1.807) is 4.31 Å². The third kappa shape index (κ3) is 4.84. The Morgan fingerprint density at radius 2 is 1.89 bits per heavy atom. The van der Waals surface area contributed by atoms with E-state index in [1.165, 1.54) is 12.2 Å². The Morgan fingerprint density at radius 1 is 1.28 bits per heavy atom. The highest BCUT2D eigenvalue weighted by atomic mass is 32.2. The van der Waals surface area contributed by atoms with Crippen LogP contribution in [0.4, 0.5) is 0 Å². The minimum atomic E-state index is -3.10. The Morgan fingerprint density at radius 3 is 2.33 bits per heavy atom. The largest absolute Gasteiger partial charge is 0.308 e. The molecule has 1 aliphatic rings. The molecule has 1 unspecified atom stereocenters. The molecular weight excluding hydrogens is 250 g/mol. The number of rotatable bonds is 5. The SMILES string of the molecule is C[C](C)CN1CCN(S(C)(=O)=O)C(CN(C)C)C1. The van der Waals surface area contributed by atoms with Crippen molar-refractivity contribution in [3.63, 3.8) is 0 Å². The number of hydrogen-bond acceptors (Lipinski definition) is 4. The lowest BCUT2D eigenvalue weighted by atomic mass is 10.1. The fourth-order valence-corrected chi connectivity index (χ4v) is 3.59. The van der Waals surface area contributed by atoms with Crippen LogP contribution in [0.2, 0.25) is 0 Å². The third-order valence-electron chi connectivity index (χ3n) is 3.05. The molecule has 0 amide bonds. The smallest absolute Gasteiger partial charge is 0.211 e. The molecule has 1 saturated heterocycles. The lowest BCUT2D eigenvalue weighted by Gasteiger charge is -2.41. The summed E-state index contributed by atoms with van der Waals surface area (Å²) >= 11 is 0. The van der Waals surface area contributed by atoms with E-state index in [2.05, 4.69) is 23.6 Å². The predicted octanol–water partition coefficient (Wildman–Crippen LogP) is 0.108. The topological polar surface area (TPSA) is 43.9 Å². The van der Waals surface area contributed by atoms with E-state index in [9.17, 15) is 8.42 Å². The fourth-order valence-electron chi connectivity index (χ4n) is 2.50. The molecule has 0 N–H and O–H groups in total. The first-order valence-electron chi connectivity index (χ1n) is 6.33. The average Bonchev–Trinajstić information content (AvgIpc) is 2.13. The molecule has 1 fully saturated rings. The molecular formula is C12H26N3O2S. The molecule has 18 heavy (non-hydrogen) atoms. The van der Waals surface area contributed by atoms with Gasteiger partial charge in [0.1, 0.15) is 0 Å². The molecule has 1 heterocycles. The van der Waals surface area contributed by atoms with E-state index in [0.29, 0.717) is 6.54 Å². The van der Waals surface area contributed by atoms with Gasteiger partial charge in [-0.1, -0.05) is 13.8 Å². The van der Waals surface area contributed by atoms with Gasteiger partial charge in [-0.05, 0) is 20.0 Å². The van der Waals surface area contributed by atoms with Gasteiger partial charge in [-0.25, -0.2) is 8.42 Å². The van der Waals surface area contributed by atoms with Gasteiger partial charge < -0.3 is 4.90 Å². The van der Waals surface area contributed by atoms with E-state index in [0.717, 1.165) is 26.2 Å². The van der Waals surface area contributed by atoms with Crippen LogP contribution < -0.4 is 0 Å². The number of piperazine rings is 1. The van der Waals surface area contributed by atoms with Crippen molar-refractivity contribution in [2.45, 2.75) is 19.9 Å². The molecule has 1 atom stereocenters. The Balaban J connectivity index is 2.73. The standard InChI is InChI=1S/C12H26N3O2S/c1-11(2)8-14-6-7-15(18(5,16)17)12(10-14)9-13(3)4/h12H,6-10H2,1-5H3. The van der Waals surface area contributed by atoms with Crippen molar-refractivity contribution >= 4 is 10.0 Å². The first-order valence-corrected chi connectivity index (χ1v) is 8.18. The summed E-state index contributed by atoms with van der Waals surface area (Å²) in [5.41, 5.74) is 0. The van der Waals surface area contributed by atoms with Crippen LogP contribution in [-0.4, -0.2) is 81.6 Å². The molecule has 5 nitrogen and oxygen atoms in total. The van der Waals surface area contributed by atoms with Crippen LogP contribution >= 0.6 is 0 Å². The van der Waals surface area contributed by atoms with Crippen LogP contribution in [0.3, 0.4) is 0 Å². The molecule has 1 aliphatic heterocycles. The van der Waals surface area contributed by atoms with Gasteiger partial charge in [-0.3, -0.25) is 4.90 Å². The van der Waals surface area contributed by atoms with Gasteiger partial charge in [0, 0.05) is 32.7 Å². The van der Waals surface area contributed by atoms with Crippen molar-refractivity contribution in [2.75, 3.05) is 53.1 Å². The van der Waals surface area contributed by atoms with E-state index in [1.807, 2.05) is 14.1 Å². The lowest BCUT2D eigenvalue weighted by molar-refractivity contribution is 0.120. The minimum Gasteiger partial charge on any atom is -0.308 e. The van der Waals surface area contributed by atoms with Crippen LogP contribution in [0.25, 0.3) is 0 Å². The summed E-state index contributed by atoms with van der Waals surface area (Å²) in [6.45, 7) is 8.20. The van der Waals surface area contributed by atoms with Crippen molar-refractivity contribution in [1.29, 1.82) is 0 Å². The maximum absolute atomic E-state index is 11.8. The molecule has 0 saturated carbocycles. The monoisotopic (exact) mass is 276 g/mol. The molecule has 107 valence electrons. The number of hydrogen-bond donors (Lipinski definition) is 0. The summed E-state index contributed by atoms with van der Waals surface area (Å²) in [6.07, 6.45) is 1.31. The van der Waals surface area contributed by atoms with E-state index >= 15 is 0 Å². The van der Waals surface area contributed by atoms with Crippen LogP contribution in [0.15, 0.2) is 0 Å². The van der Waals surface area contributed by atoms with E-state index in [-0.39, 0.29) is 6.04 Å². The number of sulfonamides is 1. The van der Waals surface area contributed by atoms with Gasteiger partial charge in [-0.2, -0.15) is 4.31 Å². The first-order chi connectivity index (χ1) is 8.20.